The molecule has 0 aliphatic heterocycles. The molecule has 0 bridgehead atoms. The fourth-order valence-electron chi connectivity index (χ4n) is 2.40. The Balaban J connectivity index is 1.65. The lowest BCUT2D eigenvalue weighted by molar-refractivity contribution is 0.479. The summed E-state index contributed by atoms with van der Waals surface area (Å²) in [4.78, 5) is 9.45. The minimum absolute atomic E-state index is 0.258. The van der Waals surface area contributed by atoms with Crippen molar-refractivity contribution in [2.45, 2.75) is 16.8 Å². The van der Waals surface area contributed by atoms with Crippen molar-refractivity contribution >= 4 is 23.2 Å². The van der Waals surface area contributed by atoms with Crippen LogP contribution in [0.3, 0.4) is 0 Å². The van der Waals surface area contributed by atoms with Crippen molar-refractivity contribution in [1.82, 2.24) is 19.6 Å². The van der Waals surface area contributed by atoms with Gasteiger partial charge in [-0.05, 0) is 37.3 Å². The predicted molar refractivity (Wildman–Crippen MR) is 97.0 cm³/mol. The molecule has 1 aromatic carbocycles. The SMILES string of the molecule is Cc1cc(Sc2cnc(N)c(Oc3ccc(F)cc3)c2)n2nccc2n1. The zero-order valence-corrected chi connectivity index (χ0v) is 14.6. The molecule has 3 heterocycles. The Morgan fingerprint density at radius 2 is 1.96 bits per heavy atom. The lowest BCUT2D eigenvalue weighted by Gasteiger charge is -2.10. The molecule has 0 unspecified atom stereocenters. The first kappa shape index (κ1) is 16.3. The Morgan fingerprint density at radius 1 is 1.15 bits per heavy atom. The van der Waals surface area contributed by atoms with Gasteiger partial charge in [-0.2, -0.15) is 5.10 Å². The van der Waals surface area contributed by atoms with E-state index in [2.05, 4.69) is 15.1 Å². The molecule has 0 aliphatic carbocycles. The number of hydrogen-bond acceptors (Lipinski definition) is 6. The maximum absolute atomic E-state index is 13.0. The zero-order valence-electron chi connectivity index (χ0n) is 13.8. The van der Waals surface area contributed by atoms with E-state index in [1.54, 1.807) is 23.0 Å². The Hall–Kier alpha value is -3.13. The van der Waals surface area contributed by atoms with Crippen LogP contribution in [-0.4, -0.2) is 19.6 Å². The number of aryl methyl sites for hydroxylation is 1. The second-order valence-electron chi connectivity index (χ2n) is 5.55. The minimum atomic E-state index is -0.330. The van der Waals surface area contributed by atoms with E-state index in [0.29, 0.717) is 11.5 Å². The first-order valence-corrected chi connectivity index (χ1v) is 8.58. The Kier molecular flexibility index (Phi) is 4.18. The van der Waals surface area contributed by atoms with E-state index in [1.807, 2.05) is 19.1 Å². The molecule has 3 aromatic heterocycles. The molecule has 0 saturated carbocycles. The fourth-order valence-corrected chi connectivity index (χ4v) is 3.37. The third-order valence-corrected chi connectivity index (χ3v) is 4.53. The van der Waals surface area contributed by atoms with Crippen LogP contribution in [0.2, 0.25) is 0 Å². The molecule has 4 rings (SSSR count). The van der Waals surface area contributed by atoms with Crippen LogP contribution in [0.15, 0.2) is 64.8 Å². The van der Waals surface area contributed by atoms with Gasteiger partial charge in [-0.1, -0.05) is 11.8 Å². The van der Waals surface area contributed by atoms with Gasteiger partial charge in [0.2, 0.25) is 0 Å². The molecule has 130 valence electrons. The first-order chi connectivity index (χ1) is 12.6. The van der Waals surface area contributed by atoms with E-state index >= 15 is 0 Å². The minimum Gasteiger partial charge on any atom is -0.453 e. The summed E-state index contributed by atoms with van der Waals surface area (Å²) in [5, 5.41) is 5.19. The van der Waals surface area contributed by atoms with Gasteiger partial charge in [-0.25, -0.2) is 18.9 Å². The molecule has 0 saturated heterocycles. The number of anilines is 1. The van der Waals surface area contributed by atoms with E-state index in [9.17, 15) is 4.39 Å². The van der Waals surface area contributed by atoms with Crippen LogP contribution in [0.1, 0.15) is 5.69 Å². The topological polar surface area (TPSA) is 78.3 Å². The molecular weight excluding hydrogens is 353 g/mol. The van der Waals surface area contributed by atoms with E-state index in [-0.39, 0.29) is 11.6 Å². The maximum Gasteiger partial charge on any atom is 0.170 e. The number of nitrogens with two attached hydrogens (primary N) is 1. The molecule has 0 spiro atoms. The summed E-state index contributed by atoms with van der Waals surface area (Å²) in [6.07, 6.45) is 3.37. The third kappa shape index (κ3) is 3.31. The second-order valence-corrected chi connectivity index (χ2v) is 6.64. The third-order valence-electron chi connectivity index (χ3n) is 3.58. The van der Waals surface area contributed by atoms with Gasteiger partial charge in [0, 0.05) is 28.9 Å². The summed E-state index contributed by atoms with van der Waals surface area (Å²) in [5.41, 5.74) is 7.58. The van der Waals surface area contributed by atoms with Crippen LogP contribution in [0.5, 0.6) is 11.5 Å². The average molecular weight is 367 g/mol. The number of fused-ring (bicyclic) bond motifs is 1. The highest BCUT2D eigenvalue weighted by molar-refractivity contribution is 7.99. The van der Waals surface area contributed by atoms with Crippen molar-refractivity contribution in [3.8, 4) is 11.5 Å². The molecule has 26 heavy (non-hydrogen) atoms. The second kappa shape index (κ2) is 6.64. The largest absolute Gasteiger partial charge is 0.453 e. The highest BCUT2D eigenvalue weighted by Crippen LogP contribution is 2.34. The number of nitrogen functional groups attached to an aromatic ring is 1. The lowest BCUT2D eigenvalue weighted by atomic mass is 10.3. The number of aromatic nitrogens is 4. The molecule has 0 aliphatic rings. The predicted octanol–water partition coefficient (Wildman–Crippen LogP) is 4.10. The van der Waals surface area contributed by atoms with Crippen molar-refractivity contribution in [2.75, 3.05) is 5.73 Å². The van der Waals surface area contributed by atoms with Crippen LogP contribution < -0.4 is 10.5 Å². The molecule has 2 N–H and O–H groups in total. The van der Waals surface area contributed by atoms with Gasteiger partial charge in [0.15, 0.2) is 17.2 Å². The zero-order chi connectivity index (χ0) is 18.1. The number of halogens is 1. The number of nitrogens with zero attached hydrogens (tertiary/aromatic N) is 4. The van der Waals surface area contributed by atoms with Crippen LogP contribution in [0.4, 0.5) is 10.2 Å². The van der Waals surface area contributed by atoms with Gasteiger partial charge in [0.05, 0.1) is 6.20 Å². The highest BCUT2D eigenvalue weighted by Gasteiger charge is 2.10. The van der Waals surface area contributed by atoms with E-state index in [0.717, 1.165) is 21.3 Å². The van der Waals surface area contributed by atoms with Crippen molar-refractivity contribution in [1.29, 1.82) is 0 Å². The van der Waals surface area contributed by atoms with E-state index in [1.165, 1.54) is 36.0 Å². The van der Waals surface area contributed by atoms with Gasteiger partial charge in [-0.15, -0.1) is 0 Å². The van der Waals surface area contributed by atoms with Gasteiger partial charge in [0.25, 0.3) is 0 Å². The van der Waals surface area contributed by atoms with Crippen LogP contribution >= 0.6 is 11.8 Å². The monoisotopic (exact) mass is 367 g/mol. The Morgan fingerprint density at radius 3 is 2.77 bits per heavy atom. The van der Waals surface area contributed by atoms with Crippen LogP contribution in [0.25, 0.3) is 5.65 Å². The first-order valence-electron chi connectivity index (χ1n) is 7.77. The van der Waals surface area contributed by atoms with Crippen molar-refractivity contribution in [3.63, 3.8) is 0 Å². The highest BCUT2D eigenvalue weighted by atomic mass is 32.2. The van der Waals surface area contributed by atoms with Gasteiger partial charge in [0.1, 0.15) is 16.6 Å². The number of rotatable bonds is 4. The number of ether oxygens (including phenoxy) is 1. The average Bonchev–Trinajstić information content (AvgIpc) is 3.08. The van der Waals surface area contributed by atoms with E-state index in [4.69, 9.17) is 10.5 Å². The fraction of sp³-hybridized carbons (Fsp3) is 0.0556. The molecule has 6 nitrogen and oxygen atoms in total. The number of benzene rings is 1. The summed E-state index contributed by atoms with van der Waals surface area (Å²) in [6.45, 7) is 1.93. The molecule has 0 fully saturated rings. The Labute approximate surface area is 152 Å². The van der Waals surface area contributed by atoms with Crippen molar-refractivity contribution in [2.24, 2.45) is 0 Å². The Bertz CT molecular complexity index is 1080. The smallest absolute Gasteiger partial charge is 0.170 e. The van der Waals surface area contributed by atoms with Gasteiger partial charge < -0.3 is 10.5 Å². The summed E-state index contributed by atoms with van der Waals surface area (Å²) < 4.78 is 20.5. The van der Waals surface area contributed by atoms with Crippen molar-refractivity contribution in [3.05, 3.63) is 66.4 Å². The summed E-state index contributed by atoms with van der Waals surface area (Å²) in [7, 11) is 0. The molecule has 0 amide bonds. The van der Waals surface area contributed by atoms with Gasteiger partial charge >= 0.3 is 0 Å². The molecule has 0 atom stereocenters. The summed E-state index contributed by atoms with van der Waals surface area (Å²) in [6, 6.07) is 11.3. The summed E-state index contributed by atoms with van der Waals surface area (Å²) >= 11 is 1.47. The molecule has 8 heteroatoms. The standard InChI is InChI=1S/C18H14FN5OS/c1-11-8-17(24-16(23-11)6-7-22-24)26-14-9-15(18(20)21-10-14)25-13-4-2-12(19)3-5-13/h2-10H,1H3,(H2,20,21). The van der Waals surface area contributed by atoms with Gasteiger partial charge in [-0.3, -0.25) is 0 Å². The maximum atomic E-state index is 13.0. The lowest BCUT2D eigenvalue weighted by Crippen LogP contribution is -1.98. The van der Waals surface area contributed by atoms with E-state index < -0.39 is 0 Å². The van der Waals surface area contributed by atoms with Crippen molar-refractivity contribution < 1.29 is 9.13 Å². The van der Waals surface area contributed by atoms with Crippen LogP contribution in [-0.2, 0) is 0 Å². The molecular formula is C18H14FN5OS. The normalized spacial score (nSPS) is 11.0. The quantitative estimate of drug-likeness (QED) is 0.547. The number of hydrogen-bond donors (Lipinski definition) is 1. The molecule has 4 aromatic rings. The molecule has 0 radical (unpaired) electrons. The summed E-state index contributed by atoms with van der Waals surface area (Å²) in [5.74, 6) is 0.818. The number of pyridine rings is 1. The van der Waals surface area contributed by atoms with Crippen LogP contribution in [0, 0.1) is 12.7 Å².